The van der Waals surface area contributed by atoms with Gasteiger partial charge >= 0.3 is 5.97 Å². The van der Waals surface area contributed by atoms with Gasteiger partial charge in [0.15, 0.2) is 0 Å². The Hall–Kier alpha value is -3.87. The Morgan fingerprint density at radius 3 is 2.36 bits per heavy atom. The van der Waals surface area contributed by atoms with Gasteiger partial charge in [-0.15, -0.1) is 0 Å². The molecular weight excluding hydrogens is 556 g/mol. The third kappa shape index (κ3) is 4.56. The van der Waals surface area contributed by atoms with Crippen LogP contribution in [0.25, 0.3) is 27.4 Å². The molecule has 2 fully saturated rings. The maximum absolute atomic E-state index is 13.7. The fourth-order valence-corrected chi connectivity index (χ4v) is 9.30. The number of carbonyl (C=O) groups excluding carboxylic acids is 1. The lowest BCUT2D eigenvalue weighted by molar-refractivity contribution is -0.151. The second-order valence-corrected chi connectivity index (χ2v) is 13.7. The lowest BCUT2D eigenvalue weighted by Gasteiger charge is -2.46. The van der Waals surface area contributed by atoms with E-state index >= 15 is 0 Å². The Balaban J connectivity index is 1.38. The third-order valence-corrected chi connectivity index (χ3v) is 11.5. The number of nitrogens with one attached hydrogen (secondary N) is 2. The van der Waals surface area contributed by atoms with Crippen LogP contribution in [-0.2, 0) is 22.5 Å². The summed E-state index contributed by atoms with van der Waals surface area (Å²) < 4.78 is 5.55. The predicted octanol–water partition coefficient (Wildman–Crippen LogP) is 7.21. The number of aromatic nitrogens is 2. The highest BCUT2D eigenvalue weighted by Crippen LogP contribution is 2.49. The molecule has 232 valence electrons. The number of esters is 1. The zero-order chi connectivity index (χ0) is 30.8. The molecule has 45 heavy (non-hydrogen) atoms. The molecule has 0 amide bonds. The van der Waals surface area contributed by atoms with Gasteiger partial charge in [-0.3, -0.25) is 14.6 Å². The van der Waals surface area contributed by atoms with Gasteiger partial charge in [0.05, 0.1) is 13.0 Å². The second-order valence-electron chi connectivity index (χ2n) is 13.7. The number of piperidine rings is 2. The fraction of sp³-hybridized carbons (Fsp3) is 0.410. The minimum absolute atomic E-state index is 0.0818. The van der Waals surface area contributed by atoms with Crippen LogP contribution in [-0.4, -0.2) is 65.6 Å². The molecule has 4 bridgehead atoms. The first-order chi connectivity index (χ1) is 22.0. The molecular formula is C39H44N4O2. The molecule has 6 atom stereocenters. The standard InChI is InChI=1S/C39H44N4O2/c1-5-23-20-42(3)35-19-31-27-11-7-9-13-33(27)40-37(31)25(17-29(23)36(35)39(44)45-4)18-30-26-15-16-43(21-24(26)6-2)22-32-28-12-8-10-14-34(28)41-38(30)32/h5-14,18,25-26,29,35-36,40-41H,15-17,19-22H2,1-4H3/b23-5+,24-6+,30-18-/t25-,26+,29?,35+,36?/m1/s1. The Kier molecular flexibility index (Phi) is 7.10. The van der Waals surface area contributed by atoms with E-state index in [1.165, 1.54) is 61.0 Å². The molecule has 4 aliphatic heterocycles. The zero-order valence-corrected chi connectivity index (χ0v) is 26.9. The lowest BCUT2D eigenvalue weighted by atomic mass is 9.67. The SMILES string of the molecule is C/C=C1\CN(C)[C@H]2Cc3c([nH]c4ccccc34)[C@@H](/C=C3\c4[nH]c5ccccc5c4CN4CC[C@H]3/C(=C/C)C4)CC1C2C(=O)OC. The number of aromatic amines is 2. The minimum Gasteiger partial charge on any atom is -0.469 e. The number of H-pyrrole nitrogens is 2. The van der Waals surface area contributed by atoms with Gasteiger partial charge in [-0.1, -0.05) is 65.8 Å². The number of nitrogens with zero attached hydrogens (tertiary/aromatic N) is 2. The third-order valence-electron chi connectivity index (χ3n) is 11.5. The van der Waals surface area contributed by atoms with Crippen LogP contribution >= 0.6 is 0 Å². The summed E-state index contributed by atoms with van der Waals surface area (Å²) in [6.07, 6.45) is 10.0. The Bertz CT molecular complexity index is 1890. The number of hydrogen-bond acceptors (Lipinski definition) is 4. The molecule has 6 nitrogen and oxygen atoms in total. The van der Waals surface area contributed by atoms with E-state index in [1.807, 2.05) is 0 Å². The van der Waals surface area contributed by atoms with E-state index in [0.29, 0.717) is 5.92 Å². The second kappa shape index (κ2) is 11.2. The Morgan fingerprint density at radius 1 is 0.911 bits per heavy atom. The number of allylic oxidation sites excluding steroid dienone is 4. The average molecular weight is 601 g/mol. The Morgan fingerprint density at radius 2 is 1.62 bits per heavy atom. The molecule has 0 radical (unpaired) electrons. The van der Waals surface area contributed by atoms with Crippen molar-refractivity contribution in [2.45, 2.75) is 51.6 Å². The largest absolute Gasteiger partial charge is 0.469 e. The molecule has 5 aliphatic rings. The van der Waals surface area contributed by atoms with Crippen LogP contribution in [0, 0.1) is 17.8 Å². The van der Waals surface area contributed by atoms with E-state index < -0.39 is 0 Å². The van der Waals surface area contributed by atoms with Crippen molar-refractivity contribution >= 4 is 33.3 Å². The number of benzene rings is 2. The van der Waals surface area contributed by atoms with Crippen molar-refractivity contribution in [3.05, 3.63) is 100 Å². The van der Waals surface area contributed by atoms with Crippen LogP contribution in [0.15, 0.2) is 77.9 Å². The number of ether oxygens (including phenoxy) is 1. The number of likely N-dealkylation sites (N-methyl/N-ethyl adjacent to an activating group) is 1. The molecule has 0 saturated carbocycles. The van der Waals surface area contributed by atoms with E-state index in [-0.39, 0.29) is 29.8 Å². The van der Waals surface area contributed by atoms with Crippen molar-refractivity contribution in [3.63, 3.8) is 0 Å². The van der Waals surface area contributed by atoms with Crippen LogP contribution in [0.1, 0.15) is 55.1 Å². The molecule has 4 aromatic rings. The summed E-state index contributed by atoms with van der Waals surface area (Å²) in [6.45, 7) is 8.30. The topological polar surface area (TPSA) is 64.4 Å². The van der Waals surface area contributed by atoms with Gasteiger partial charge in [-0.25, -0.2) is 0 Å². The van der Waals surface area contributed by atoms with Gasteiger partial charge in [0, 0.05) is 70.7 Å². The highest BCUT2D eigenvalue weighted by atomic mass is 16.5. The van der Waals surface area contributed by atoms with E-state index in [1.54, 1.807) is 7.11 Å². The van der Waals surface area contributed by atoms with Crippen LogP contribution in [0.4, 0.5) is 0 Å². The minimum atomic E-state index is -0.210. The molecule has 2 aromatic heterocycles. The summed E-state index contributed by atoms with van der Waals surface area (Å²) in [5.74, 6) is 0.299. The van der Waals surface area contributed by atoms with Crippen LogP contribution < -0.4 is 0 Å². The highest BCUT2D eigenvalue weighted by Gasteiger charge is 2.47. The number of para-hydroxylation sites is 2. The van der Waals surface area contributed by atoms with E-state index in [2.05, 4.69) is 107 Å². The summed E-state index contributed by atoms with van der Waals surface area (Å²) >= 11 is 0. The molecule has 3 unspecified atom stereocenters. The quantitative estimate of drug-likeness (QED) is 0.189. The van der Waals surface area contributed by atoms with E-state index in [4.69, 9.17) is 4.74 Å². The van der Waals surface area contributed by atoms with Crippen molar-refractivity contribution in [2.24, 2.45) is 17.8 Å². The molecule has 2 N–H and O–H groups in total. The first-order valence-corrected chi connectivity index (χ1v) is 16.7. The van der Waals surface area contributed by atoms with Crippen LogP contribution in [0.3, 0.4) is 0 Å². The van der Waals surface area contributed by atoms with Gasteiger partial charge in [0.2, 0.25) is 0 Å². The molecule has 9 rings (SSSR count). The number of rotatable bonds is 2. The fourth-order valence-electron chi connectivity index (χ4n) is 9.30. The molecule has 6 heterocycles. The maximum atomic E-state index is 13.7. The van der Waals surface area contributed by atoms with Crippen molar-refractivity contribution < 1.29 is 9.53 Å². The van der Waals surface area contributed by atoms with Gasteiger partial charge in [-0.2, -0.15) is 0 Å². The van der Waals surface area contributed by atoms with Gasteiger partial charge in [0.25, 0.3) is 0 Å². The summed E-state index contributed by atoms with van der Waals surface area (Å²) in [4.78, 5) is 26.5. The van der Waals surface area contributed by atoms with Gasteiger partial charge in [-0.05, 0) is 81.5 Å². The molecule has 2 saturated heterocycles. The molecule has 6 heteroatoms. The lowest BCUT2D eigenvalue weighted by Crippen LogP contribution is -2.53. The zero-order valence-electron chi connectivity index (χ0n) is 26.9. The first-order valence-electron chi connectivity index (χ1n) is 16.7. The molecule has 0 spiro atoms. The van der Waals surface area contributed by atoms with E-state index in [9.17, 15) is 4.79 Å². The number of carbonyl (C=O) groups is 1. The number of methoxy groups -OCH3 is 1. The highest BCUT2D eigenvalue weighted by molar-refractivity contribution is 5.91. The normalized spacial score (nSPS) is 31.1. The van der Waals surface area contributed by atoms with Crippen molar-refractivity contribution in [3.8, 4) is 0 Å². The monoisotopic (exact) mass is 600 g/mol. The number of hydrogen-bond donors (Lipinski definition) is 2. The summed E-state index contributed by atoms with van der Waals surface area (Å²) in [5.41, 5.74) is 12.0. The average Bonchev–Trinajstić information content (AvgIpc) is 3.59. The van der Waals surface area contributed by atoms with Gasteiger partial charge < -0.3 is 14.7 Å². The van der Waals surface area contributed by atoms with Crippen molar-refractivity contribution in [2.75, 3.05) is 33.8 Å². The molecule has 2 aromatic carbocycles. The maximum Gasteiger partial charge on any atom is 0.310 e. The van der Waals surface area contributed by atoms with Crippen LogP contribution in [0.5, 0.6) is 0 Å². The van der Waals surface area contributed by atoms with Crippen LogP contribution in [0.2, 0.25) is 0 Å². The molecule has 1 aliphatic carbocycles. The first kappa shape index (κ1) is 28.6. The van der Waals surface area contributed by atoms with Crippen molar-refractivity contribution in [1.29, 1.82) is 0 Å². The number of likely N-dealkylation sites (tertiary alicyclic amines) is 1. The van der Waals surface area contributed by atoms with E-state index in [0.717, 1.165) is 45.4 Å². The summed E-state index contributed by atoms with van der Waals surface area (Å²) in [5, 5.41) is 2.60. The van der Waals surface area contributed by atoms with Gasteiger partial charge in [0.1, 0.15) is 0 Å². The van der Waals surface area contributed by atoms with Crippen molar-refractivity contribution in [1.82, 2.24) is 19.8 Å². The Labute approximate surface area is 265 Å². The predicted molar refractivity (Wildman–Crippen MR) is 182 cm³/mol. The summed E-state index contributed by atoms with van der Waals surface area (Å²) in [6, 6.07) is 17.6. The summed E-state index contributed by atoms with van der Waals surface area (Å²) in [7, 11) is 3.73. The number of fused-ring (bicyclic) bond motifs is 8. The smallest absolute Gasteiger partial charge is 0.310 e.